The summed E-state index contributed by atoms with van der Waals surface area (Å²) in [7, 11) is -3.69. The molecule has 0 atom stereocenters. The van der Waals surface area contributed by atoms with E-state index >= 15 is 0 Å². The Hall–Kier alpha value is -2.51. The Bertz CT molecular complexity index is 968. The Morgan fingerprint density at radius 1 is 1.11 bits per heavy atom. The van der Waals surface area contributed by atoms with E-state index in [1.807, 2.05) is 31.2 Å². The minimum atomic E-state index is -3.69. The van der Waals surface area contributed by atoms with Gasteiger partial charge in [0, 0.05) is 25.2 Å². The van der Waals surface area contributed by atoms with Crippen molar-refractivity contribution < 1.29 is 17.6 Å². The van der Waals surface area contributed by atoms with Crippen molar-refractivity contribution in [1.82, 2.24) is 9.62 Å². The third-order valence-electron chi connectivity index (χ3n) is 4.73. The summed E-state index contributed by atoms with van der Waals surface area (Å²) >= 11 is 0. The Balaban J connectivity index is 1.54. The lowest BCUT2D eigenvalue weighted by molar-refractivity contribution is -0.117. The molecule has 0 spiro atoms. The molecule has 0 unspecified atom stereocenters. The van der Waals surface area contributed by atoms with Gasteiger partial charge in [-0.1, -0.05) is 35.9 Å². The molecule has 3 rings (SSSR count). The highest BCUT2D eigenvalue weighted by atomic mass is 32.2. The van der Waals surface area contributed by atoms with Gasteiger partial charge in [-0.2, -0.15) is 4.31 Å². The third-order valence-corrected chi connectivity index (χ3v) is 6.61. The van der Waals surface area contributed by atoms with Crippen LogP contribution in [-0.2, 0) is 21.2 Å². The van der Waals surface area contributed by atoms with Crippen molar-refractivity contribution in [3.8, 4) is 0 Å². The lowest BCUT2D eigenvalue weighted by atomic mass is 10.1. The number of nitrogens with zero attached hydrogens (tertiary/aromatic N) is 1. The fraction of sp³-hybridized carbons (Fsp3) is 0.286. The van der Waals surface area contributed by atoms with Gasteiger partial charge < -0.3 is 5.32 Å². The third kappa shape index (κ3) is 4.85. The highest BCUT2D eigenvalue weighted by Gasteiger charge is 2.27. The zero-order valence-corrected chi connectivity index (χ0v) is 16.5. The predicted molar refractivity (Wildman–Crippen MR) is 106 cm³/mol. The molecule has 2 aromatic carbocycles. The van der Waals surface area contributed by atoms with Crippen LogP contribution in [0.2, 0.25) is 0 Å². The molecular weight excluding hydrogens is 379 g/mol. The number of benzene rings is 2. The monoisotopic (exact) mass is 402 g/mol. The summed E-state index contributed by atoms with van der Waals surface area (Å²) in [5.74, 6) is -0.645. The number of amides is 1. The van der Waals surface area contributed by atoms with Gasteiger partial charge in [0.2, 0.25) is 15.9 Å². The molecule has 148 valence electrons. The molecule has 7 heteroatoms. The van der Waals surface area contributed by atoms with Crippen molar-refractivity contribution in [2.45, 2.75) is 24.7 Å². The molecule has 0 saturated carbocycles. The highest BCUT2D eigenvalue weighted by Crippen LogP contribution is 2.21. The second kappa shape index (κ2) is 8.67. The summed E-state index contributed by atoms with van der Waals surface area (Å²) in [4.78, 5) is 12.4. The van der Waals surface area contributed by atoms with E-state index in [0.717, 1.165) is 24.1 Å². The van der Waals surface area contributed by atoms with Gasteiger partial charge in [-0.15, -0.1) is 0 Å². The fourth-order valence-electron chi connectivity index (χ4n) is 3.02. The van der Waals surface area contributed by atoms with Crippen molar-refractivity contribution in [3.63, 3.8) is 0 Å². The smallest absolute Gasteiger partial charge is 0.246 e. The molecule has 28 heavy (non-hydrogen) atoms. The van der Waals surface area contributed by atoms with E-state index in [0.29, 0.717) is 18.5 Å². The van der Waals surface area contributed by atoms with Crippen molar-refractivity contribution in [1.29, 1.82) is 0 Å². The molecule has 1 amide bonds. The van der Waals surface area contributed by atoms with Crippen LogP contribution >= 0.6 is 0 Å². The maximum absolute atomic E-state index is 13.0. The van der Waals surface area contributed by atoms with Crippen LogP contribution in [0.25, 0.3) is 0 Å². The van der Waals surface area contributed by atoms with Crippen LogP contribution in [0.5, 0.6) is 0 Å². The number of hydrogen-bond donors (Lipinski definition) is 1. The van der Waals surface area contributed by atoms with Crippen LogP contribution in [0, 0.1) is 12.7 Å². The highest BCUT2D eigenvalue weighted by molar-refractivity contribution is 7.89. The van der Waals surface area contributed by atoms with Crippen molar-refractivity contribution >= 4 is 15.9 Å². The summed E-state index contributed by atoms with van der Waals surface area (Å²) in [6, 6.07) is 12.9. The topological polar surface area (TPSA) is 66.5 Å². The SMILES string of the molecule is Cc1ccc(CCNC(=O)C2=CCN(S(=O)(=O)c3ccc(F)cc3)CC2)cc1. The standard InChI is InChI=1S/C21H23FN2O3S/c1-16-2-4-17(5-3-16)10-13-23-21(25)18-11-14-24(15-12-18)28(26,27)20-8-6-19(22)7-9-20/h2-9,11H,10,12-15H2,1H3,(H,23,25). The zero-order chi connectivity index (χ0) is 20.1. The minimum Gasteiger partial charge on any atom is -0.352 e. The van der Waals surface area contributed by atoms with Gasteiger partial charge in [0.1, 0.15) is 5.82 Å². The molecule has 0 radical (unpaired) electrons. The number of aryl methyl sites for hydroxylation is 1. The molecular formula is C21H23FN2O3S. The second-order valence-electron chi connectivity index (χ2n) is 6.79. The molecule has 1 aliphatic rings. The first-order valence-electron chi connectivity index (χ1n) is 9.15. The van der Waals surface area contributed by atoms with Crippen molar-refractivity contribution in [2.75, 3.05) is 19.6 Å². The number of carbonyl (C=O) groups is 1. The number of sulfonamides is 1. The summed E-state index contributed by atoms with van der Waals surface area (Å²) in [5, 5.41) is 2.89. The second-order valence-corrected chi connectivity index (χ2v) is 8.73. The van der Waals surface area contributed by atoms with Crippen LogP contribution in [0.4, 0.5) is 4.39 Å². The molecule has 1 N–H and O–H groups in total. The number of halogens is 1. The lowest BCUT2D eigenvalue weighted by Crippen LogP contribution is -2.37. The summed E-state index contributed by atoms with van der Waals surface area (Å²) in [6.07, 6.45) is 2.73. The Labute approximate surface area is 164 Å². The van der Waals surface area contributed by atoms with E-state index in [4.69, 9.17) is 0 Å². The van der Waals surface area contributed by atoms with Crippen LogP contribution in [0.15, 0.2) is 65.1 Å². The molecule has 1 aliphatic heterocycles. The van der Waals surface area contributed by atoms with Gasteiger partial charge in [0.25, 0.3) is 0 Å². The zero-order valence-electron chi connectivity index (χ0n) is 15.7. The van der Waals surface area contributed by atoms with E-state index < -0.39 is 15.8 Å². The summed E-state index contributed by atoms with van der Waals surface area (Å²) in [6.45, 7) is 2.90. The van der Waals surface area contributed by atoms with Crippen molar-refractivity contribution in [2.24, 2.45) is 0 Å². The van der Waals surface area contributed by atoms with Gasteiger partial charge in [0.15, 0.2) is 0 Å². The van der Waals surface area contributed by atoms with Gasteiger partial charge in [0.05, 0.1) is 4.90 Å². The minimum absolute atomic E-state index is 0.0494. The van der Waals surface area contributed by atoms with E-state index in [9.17, 15) is 17.6 Å². The molecule has 2 aromatic rings. The Morgan fingerprint density at radius 2 is 1.79 bits per heavy atom. The molecule has 1 heterocycles. The average molecular weight is 402 g/mol. The largest absolute Gasteiger partial charge is 0.352 e. The lowest BCUT2D eigenvalue weighted by Gasteiger charge is -2.25. The van der Waals surface area contributed by atoms with Gasteiger partial charge in [-0.05, 0) is 49.6 Å². The summed E-state index contributed by atoms with van der Waals surface area (Å²) in [5.41, 5.74) is 2.94. The molecule has 0 fully saturated rings. The van der Waals surface area contributed by atoms with Crippen LogP contribution < -0.4 is 5.32 Å². The first-order valence-corrected chi connectivity index (χ1v) is 10.6. The van der Waals surface area contributed by atoms with Crippen LogP contribution in [-0.4, -0.2) is 38.3 Å². The maximum Gasteiger partial charge on any atom is 0.246 e. The molecule has 0 aromatic heterocycles. The Kier molecular flexibility index (Phi) is 6.26. The first-order chi connectivity index (χ1) is 13.4. The molecule has 0 bridgehead atoms. The summed E-state index contributed by atoms with van der Waals surface area (Å²) < 4.78 is 39.5. The van der Waals surface area contributed by atoms with E-state index in [-0.39, 0.29) is 23.9 Å². The number of carbonyl (C=O) groups excluding carboxylic acids is 1. The predicted octanol–water partition coefficient (Wildman–Crippen LogP) is 2.81. The molecule has 0 aliphatic carbocycles. The van der Waals surface area contributed by atoms with Crippen LogP contribution in [0.3, 0.4) is 0 Å². The number of hydrogen-bond acceptors (Lipinski definition) is 3. The first kappa shape index (κ1) is 20.2. The molecule has 5 nitrogen and oxygen atoms in total. The average Bonchev–Trinajstić information content (AvgIpc) is 2.70. The van der Waals surface area contributed by atoms with E-state index in [1.165, 1.54) is 22.0 Å². The molecule has 0 saturated heterocycles. The number of rotatable bonds is 6. The van der Waals surface area contributed by atoms with Gasteiger partial charge in [-0.3, -0.25) is 4.79 Å². The van der Waals surface area contributed by atoms with Crippen molar-refractivity contribution in [3.05, 3.63) is 77.1 Å². The normalized spacial score (nSPS) is 15.1. The maximum atomic E-state index is 13.0. The van der Waals surface area contributed by atoms with E-state index in [1.54, 1.807) is 6.08 Å². The fourth-order valence-corrected chi connectivity index (χ4v) is 4.40. The van der Waals surface area contributed by atoms with Crippen LogP contribution in [0.1, 0.15) is 17.5 Å². The quantitative estimate of drug-likeness (QED) is 0.808. The van der Waals surface area contributed by atoms with E-state index in [2.05, 4.69) is 5.32 Å². The van der Waals surface area contributed by atoms with Gasteiger partial charge >= 0.3 is 0 Å². The van der Waals surface area contributed by atoms with Gasteiger partial charge in [-0.25, -0.2) is 12.8 Å². The Morgan fingerprint density at radius 3 is 2.39 bits per heavy atom. The number of nitrogens with one attached hydrogen (secondary N) is 1.